The summed E-state index contributed by atoms with van der Waals surface area (Å²) in [7, 11) is -3.99. The van der Waals surface area contributed by atoms with E-state index in [1.807, 2.05) is 0 Å². The average molecular weight is 387 g/mol. The highest BCUT2D eigenvalue weighted by Crippen LogP contribution is 2.25. The maximum absolute atomic E-state index is 12.8. The average Bonchev–Trinajstić information content (AvgIpc) is 2.93. The van der Waals surface area contributed by atoms with Crippen LogP contribution in [0, 0.1) is 13.8 Å². The first-order chi connectivity index (χ1) is 12.7. The van der Waals surface area contributed by atoms with Gasteiger partial charge in [-0.15, -0.1) is 0 Å². The predicted octanol–water partition coefficient (Wildman–Crippen LogP) is 2.28. The molecule has 27 heavy (non-hydrogen) atoms. The predicted molar refractivity (Wildman–Crippen MR) is 100 cm³/mol. The second-order valence-corrected chi connectivity index (χ2v) is 7.63. The number of aromatic nitrogens is 2. The molecular weight excluding hydrogens is 370 g/mol. The summed E-state index contributed by atoms with van der Waals surface area (Å²) in [5, 5.41) is 9.03. The highest BCUT2D eigenvalue weighted by molar-refractivity contribution is 7.92. The lowest BCUT2D eigenvalue weighted by molar-refractivity contribution is 0.0696. The van der Waals surface area contributed by atoms with E-state index in [1.54, 1.807) is 31.2 Å². The van der Waals surface area contributed by atoms with Crippen LogP contribution in [0.1, 0.15) is 21.6 Å². The zero-order chi connectivity index (χ0) is 19.8. The van der Waals surface area contributed by atoms with Crippen molar-refractivity contribution in [2.75, 3.05) is 4.72 Å². The number of aromatic amines is 1. The first kappa shape index (κ1) is 18.5. The number of aromatic carboxylic acids is 1. The Balaban J connectivity index is 2.06. The van der Waals surface area contributed by atoms with Gasteiger partial charge in [-0.1, -0.05) is 12.1 Å². The molecule has 9 heteroatoms. The smallest absolute Gasteiger partial charge is 0.335 e. The van der Waals surface area contributed by atoms with E-state index >= 15 is 0 Å². The molecule has 0 unspecified atom stereocenters. The highest BCUT2D eigenvalue weighted by atomic mass is 32.2. The lowest BCUT2D eigenvalue weighted by Crippen LogP contribution is -2.20. The van der Waals surface area contributed by atoms with Crippen LogP contribution in [0.15, 0.2) is 58.4 Å². The maximum atomic E-state index is 12.8. The minimum Gasteiger partial charge on any atom is -0.478 e. The van der Waals surface area contributed by atoms with Crippen LogP contribution >= 0.6 is 0 Å². The Morgan fingerprint density at radius 1 is 1.15 bits per heavy atom. The van der Waals surface area contributed by atoms with E-state index in [2.05, 4.69) is 9.71 Å². The van der Waals surface area contributed by atoms with E-state index in [4.69, 9.17) is 5.11 Å². The van der Waals surface area contributed by atoms with Crippen LogP contribution in [0.25, 0.3) is 5.69 Å². The molecule has 0 saturated heterocycles. The SMILES string of the molecule is Cc1cc(C(=O)O)ccc1S(=O)(=O)Nc1ccccc1-n1c(C)c[nH]c1=O. The number of hydrogen-bond donors (Lipinski definition) is 3. The van der Waals surface area contributed by atoms with E-state index in [0.717, 1.165) is 0 Å². The quantitative estimate of drug-likeness (QED) is 0.620. The number of anilines is 1. The summed E-state index contributed by atoms with van der Waals surface area (Å²) in [5.41, 5.74) is 1.14. The molecule has 1 heterocycles. The van der Waals surface area contributed by atoms with E-state index < -0.39 is 16.0 Å². The van der Waals surface area contributed by atoms with Crippen LogP contribution in [-0.4, -0.2) is 29.0 Å². The molecule has 0 aliphatic carbocycles. The van der Waals surface area contributed by atoms with Crippen LogP contribution in [0.4, 0.5) is 5.69 Å². The van der Waals surface area contributed by atoms with Crippen molar-refractivity contribution in [3.05, 3.63) is 76.0 Å². The van der Waals surface area contributed by atoms with Crippen molar-refractivity contribution in [2.45, 2.75) is 18.7 Å². The summed E-state index contributed by atoms with van der Waals surface area (Å²) in [6.45, 7) is 3.24. The molecule has 0 spiro atoms. The summed E-state index contributed by atoms with van der Waals surface area (Å²) in [6.07, 6.45) is 1.53. The Labute approximate surface area is 155 Å². The molecule has 0 saturated carbocycles. The number of rotatable bonds is 5. The molecule has 3 aromatic rings. The van der Waals surface area contributed by atoms with Gasteiger partial charge in [0.15, 0.2) is 0 Å². The van der Waals surface area contributed by atoms with Crippen molar-refractivity contribution in [3.63, 3.8) is 0 Å². The van der Waals surface area contributed by atoms with Crippen molar-refractivity contribution >= 4 is 21.7 Å². The van der Waals surface area contributed by atoms with Crippen LogP contribution < -0.4 is 10.4 Å². The Bertz CT molecular complexity index is 1190. The van der Waals surface area contributed by atoms with Gasteiger partial charge in [-0.3, -0.25) is 9.29 Å². The maximum Gasteiger partial charge on any atom is 0.335 e. The fourth-order valence-corrected chi connectivity index (χ4v) is 4.10. The van der Waals surface area contributed by atoms with Crippen molar-refractivity contribution in [1.82, 2.24) is 9.55 Å². The van der Waals surface area contributed by atoms with E-state index in [9.17, 15) is 18.0 Å². The van der Waals surface area contributed by atoms with Gasteiger partial charge in [0.05, 0.1) is 21.8 Å². The van der Waals surface area contributed by atoms with Crippen LogP contribution in [0.5, 0.6) is 0 Å². The van der Waals surface area contributed by atoms with E-state index in [0.29, 0.717) is 16.9 Å². The van der Waals surface area contributed by atoms with Crippen molar-refractivity contribution in [2.24, 2.45) is 0 Å². The second-order valence-electron chi connectivity index (χ2n) is 5.98. The number of imidazole rings is 1. The largest absolute Gasteiger partial charge is 0.478 e. The molecule has 0 fully saturated rings. The zero-order valence-corrected chi connectivity index (χ0v) is 15.4. The number of hydrogen-bond acceptors (Lipinski definition) is 4. The molecule has 8 nitrogen and oxygen atoms in total. The van der Waals surface area contributed by atoms with Gasteiger partial charge in [-0.2, -0.15) is 0 Å². The van der Waals surface area contributed by atoms with Gasteiger partial charge in [0.1, 0.15) is 0 Å². The summed E-state index contributed by atoms with van der Waals surface area (Å²) < 4.78 is 29.5. The monoisotopic (exact) mass is 387 g/mol. The number of benzene rings is 2. The number of carboxylic acid groups (broad SMARTS) is 1. The zero-order valence-electron chi connectivity index (χ0n) is 14.6. The third-order valence-electron chi connectivity index (χ3n) is 4.06. The normalized spacial score (nSPS) is 11.3. The lowest BCUT2D eigenvalue weighted by Gasteiger charge is -2.15. The van der Waals surface area contributed by atoms with Gasteiger partial charge >= 0.3 is 11.7 Å². The molecule has 3 N–H and O–H groups in total. The molecule has 140 valence electrons. The van der Waals surface area contributed by atoms with Gasteiger partial charge in [-0.25, -0.2) is 18.0 Å². The summed E-state index contributed by atoms with van der Waals surface area (Å²) in [5.74, 6) is -1.14. The molecule has 3 rings (SSSR count). The van der Waals surface area contributed by atoms with Crippen molar-refractivity contribution < 1.29 is 18.3 Å². The number of H-pyrrole nitrogens is 1. The number of nitrogens with zero attached hydrogens (tertiary/aromatic N) is 1. The van der Waals surface area contributed by atoms with Crippen molar-refractivity contribution in [3.8, 4) is 5.69 Å². The summed E-state index contributed by atoms with van der Waals surface area (Å²) >= 11 is 0. The summed E-state index contributed by atoms with van der Waals surface area (Å²) in [6, 6.07) is 10.3. The van der Waals surface area contributed by atoms with Gasteiger partial charge in [0, 0.05) is 11.9 Å². The Kier molecular flexibility index (Phi) is 4.63. The number of nitrogens with one attached hydrogen (secondary N) is 2. The van der Waals surface area contributed by atoms with Gasteiger partial charge in [-0.05, 0) is 49.7 Å². The fourth-order valence-electron chi connectivity index (χ4n) is 2.79. The number of sulfonamides is 1. The van der Waals surface area contributed by atoms with E-state index in [1.165, 1.54) is 35.9 Å². The first-order valence-corrected chi connectivity index (χ1v) is 9.42. The molecule has 0 radical (unpaired) electrons. The minimum atomic E-state index is -3.99. The molecule has 0 bridgehead atoms. The Morgan fingerprint density at radius 2 is 1.85 bits per heavy atom. The molecule has 1 aromatic heterocycles. The molecule has 0 amide bonds. The van der Waals surface area contributed by atoms with Crippen molar-refractivity contribution in [1.29, 1.82) is 0 Å². The van der Waals surface area contributed by atoms with Crippen LogP contribution in [-0.2, 0) is 10.0 Å². The van der Waals surface area contributed by atoms with E-state index in [-0.39, 0.29) is 21.8 Å². The third-order valence-corrected chi connectivity index (χ3v) is 5.59. The van der Waals surface area contributed by atoms with Crippen LogP contribution in [0.2, 0.25) is 0 Å². The van der Waals surface area contributed by atoms with Gasteiger partial charge < -0.3 is 10.1 Å². The topological polar surface area (TPSA) is 121 Å². The Hall–Kier alpha value is -3.33. The molecule has 2 aromatic carbocycles. The fraction of sp³-hybridized carbons (Fsp3) is 0.111. The van der Waals surface area contributed by atoms with Crippen LogP contribution in [0.3, 0.4) is 0 Å². The summed E-state index contributed by atoms with van der Waals surface area (Å²) in [4.78, 5) is 25.6. The number of aryl methyl sites for hydroxylation is 2. The number of para-hydroxylation sites is 2. The molecule has 0 atom stereocenters. The third kappa shape index (κ3) is 3.49. The van der Waals surface area contributed by atoms with Gasteiger partial charge in [0.2, 0.25) is 0 Å². The number of carboxylic acids is 1. The lowest BCUT2D eigenvalue weighted by atomic mass is 10.1. The first-order valence-electron chi connectivity index (χ1n) is 7.94. The standard InChI is InChI=1S/C18H17N3O5S/c1-11-9-13(17(22)23)7-8-16(11)27(25,26)20-14-5-3-4-6-15(14)21-12(2)10-19-18(21)24/h3-10,20H,1-2H3,(H,19,24)(H,22,23). The van der Waals surface area contributed by atoms with Gasteiger partial charge in [0.25, 0.3) is 10.0 Å². The number of carbonyl (C=O) groups is 1. The Morgan fingerprint density at radius 3 is 2.44 bits per heavy atom. The molecule has 0 aliphatic rings. The highest BCUT2D eigenvalue weighted by Gasteiger charge is 2.20. The minimum absolute atomic E-state index is 0.00125. The second kappa shape index (κ2) is 6.76. The molecule has 0 aliphatic heterocycles. The molecular formula is C18H17N3O5S.